The van der Waals surface area contributed by atoms with Crippen LogP contribution in [0.1, 0.15) is 32.5 Å². The van der Waals surface area contributed by atoms with Crippen molar-refractivity contribution in [3.05, 3.63) is 174 Å². The zero-order valence-electron chi connectivity index (χ0n) is 28.6. The molecule has 0 saturated heterocycles. The number of para-hydroxylation sites is 2. The molecule has 54 heavy (non-hydrogen) atoms. The van der Waals surface area contributed by atoms with Crippen LogP contribution in [0.2, 0.25) is 0 Å². The van der Waals surface area contributed by atoms with E-state index in [0.29, 0.717) is 44.5 Å². The number of carbonyl (C=O) groups is 3. The van der Waals surface area contributed by atoms with Gasteiger partial charge in [0.25, 0.3) is 11.8 Å². The number of nitrogens with one attached hydrogen (secondary N) is 3. The molecular formula is C42H32F3N3O5S. The van der Waals surface area contributed by atoms with E-state index in [1.54, 1.807) is 110 Å². The second-order valence-electron chi connectivity index (χ2n) is 11.7. The second kappa shape index (κ2) is 16.9. The summed E-state index contributed by atoms with van der Waals surface area (Å²) < 4.78 is 52.5. The van der Waals surface area contributed by atoms with Crippen LogP contribution in [0.3, 0.4) is 0 Å². The van der Waals surface area contributed by atoms with Gasteiger partial charge in [-0.2, -0.15) is 13.2 Å². The number of hydrogen-bond acceptors (Lipinski definition) is 6. The minimum Gasteiger partial charge on any atom is -0.496 e. The molecule has 272 valence electrons. The highest BCUT2D eigenvalue weighted by molar-refractivity contribution is 8.00. The molecule has 3 amide bonds. The second-order valence-corrected chi connectivity index (χ2v) is 12.9. The van der Waals surface area contributed by atoms with Crippen LogP contribution < -0.4 is 20.7 Å². The Labute approximate surface area is 313 Å². The molecule has 0 aliphatic carbocycles. The Morgan fingerprint density at radius 2 is 1.39 bits per heavy atom. The van der Waals surface area contributed by atoms with E-state index in [2.05, 4.69) is 16.0 Å². The minimum atomic E-state index is -4.66. The maximum Gasteiger partial charge on any atom is 0.418 e. The van der Waals surface area contributed by atoms with E-state index in [4.69, 9.17) is 9.15 Å². The fraction of sp³-hybridized carbons (Fsp3) is 0.0714. The monoisotopic (exact) mass is 747 g/mol. The Hall–Kier alpha value is -6.53. The largest absolute Gasteiger partial charge is 0.496 e. The smallest absolute Gasteiger partial charge is 0.418 e. The summed E-state index contributed by atoms with van der Waals surface area (Å²) in [6, 6.07) is 39.2. The number of alkyl halides is 3. The van der Waals surface area contributed by atoms with Crippen molar-refractivity contribution in [1.82, 2.24) is 5.32 Å². The zero-order chi connectivity index (χ0) is 38.1. The van der Waals surface area contributed by atoms with Gasteiger partial charge in [0.2, 0.25) is 5.91 Å². The molecule has 0 bridgehead atoms. The van der Waals surface area contributed by atoms with Crippen LogP contribution >= 0.6 is 11.8 Å². The van der Waals surface area contributed by atoms with Crippen LogP contribution in [0.4, 0.5) is 24.5 Å². The summed E-state index contributed by atoms with van der Waals surface area (Å²) in [5, 5.41) is 7.01. The van der Waals surface area contributed by atoms with Gasteiger partial charge in [-0.25, -0.2) is 0 Å². The fourth-order valence-corrected chi connectivity index (χ4v) is 6.42. The van der Waals surface area contributed by atoms with Gasteiger partial charge in [-0.3, -0.25) is 14.4 Å². The Bertz CT molecular complexity index is 2270. The number of anilines is 2. The summed E-state index contributed by atoms with van der Waals surface area (Å²) in [4.78, 5) is 41.0. The summed E-state index contributed by atoms with van der Waals surface area (Å²) >= 11 is 1.13. The maximum absolute atomic E-state index is 13.7. The van der Waals surface area contributed by atoms with Crippen LogP contribution in [0.15, 0.2) is 161 Å². The molecular weight excluding hydrogens is 716 g/mol. The highest BCUT2D eigenvalue weighted by atomic mass is 32.2. The molecule has 5 aromatic carbocycles. The van der Waals surface area contributed by atoms with E-state index in [-0.39, 0.29) is 11.4 Å². The third kappa shape index (κ3) is 9.27. The van der Waals surface area contributed by atoms with Crippen molar-refractivity contribution in [1.29, 1.82) is 0 Å². The Kier molecular flexibility index (Phi) is 11.6. The van der Waals surface area contributed by atoms with Crippen LogP contribution in [0.5, 0.6) is 5.75 Å². The molecule has 1 heterocycles. The van der Waals surface area contributed by atoms with E-state index >= 15 is 0 Å². The zero-order valence-corrected chi connectivity index (χ0v) is 29.4. The summed E-state index contributed by atoms with van der Waals surface area (Å²) in [6.45, 7) is 0. The molecule has 6 aromatic rings. The Morgan fingerprint density at radius 3 is 2.09 bits per heavy atom. The van der Waals surface area contributed by atoms with Gasteiger partial charge < -0.3 is 25.1 Å². The molecule has 1 aromatic heterocycles. The predicted octanol–water partition coefficient (Wildman–Crippen LogP) is 9.86. The highest BCUT2D eigenvalue weighted by Crippen LogP contribution is 2.39. The van der Waals surface area contributed by atoms with E-state index < -0.39 is 34.7 Å². The molecule has 0 saturated carbocycles. The van der Waals surface area contributed by atoms with Crippen LogP contribution in [0, 0.1) is 0 Å². The third-order valence-electron chi connectivity index (χ3n) is 8.01. The summed E-state index contributed by atoms with van der Waals surface area (Å²) in [5.74, 6) is -0.404. The van der Waals surface area contributed by atoms with Crippen molar-refractivity contribution in [2.75, 3.05) is 17.7 Å². The number of benzene rings is 5. The summed E-state index contributed by atoms with van der Waals surface area (Å²) in [6.07, 6.45) is -3.24. The predicted molar refractivity (Wildman–Crippen MR) is 203 cm³/mol. The number of rotatable bonds is 12. The lowest BCUT2D eigenvalue weighted by Gasteiger charge is -2.19. The molecule has 0 fully saturated rings. The lowest BCUT2D eigenvalue weighted by atomic mass is 10.1. The summed E-state index contributed by atoms with van der Waals surface area (Å²) in [7, 11) is 1.55. The number of carbonyl (C=O) groups excluding carboxylic acids is 3. The van der Waals surface area contributed by atoms with E-state index in [1.807, 2.05) is 18.2 Å². The van der Waals surface area contributed by atoms with Crippen LogP contribution in [-0.2, 0) is 15.8 Å². The van der Waals surface area contributed by atoms with Gasteiger partial charge in [0.15, 0.2) is 0 Å². The minimum absolute atomic E-state index is 0.0943. The van der Waals surface area contributed by atoms with E-state index in [9.17, 15) is 27.6 Å². The lowest BCUT2D eigenvalue weighted by molar-refractivity contribution is -0.137. The third-order valence-corrected chi connectivity index (χ3v) is 9.28. The topological polar surface area (TPSA) is 110 Å². The normalized spacial score (nSPS) is 12.0. The maximum atomic E-state index is 13.7. The van der Waals surface area contributed by atoms with Crippen molar-refractivity contribution < 1.29 is 36.7 Å². The van der Waals surface area contributed by atoms with E-state index in [1.165, 1.54) is 24.3 Å². The summed E-state index contributed by atoms with van der Waals surface area (Å²) in [5.41, 5.74) is 0.607. The number of methoxy groups -OCH3 is 1. The number of halogens is 3. The molecule has 3 N–H and O–H groups in total. The van der Waals surface area contributed by atoms with Crippen molar-refractivity contribution in [3.8, 4) is 17.1 Å². The number of amides is 3. The van der Waals surface area contributed by atoms with E-state index in [0.717, 1.165) is 17.8 Å². The number of hydrogen-bond donors (Lipinski definition) is 3. The van der Waals surface area contributed by atoms with Crippen molar-refractivity contribution in [3.63, 3.8) is 0 Å². The molecule has 0 spiro atoms. The Balaban J connectivity index is 1.22. The van der Waals surface area contributed by atoms with Crippen LogP contribution in [0.25, 0.3) is 17.4 Å². The first-order chi connectivity index (χ1) is 26.1. The lowest BCUT2D eigenvalue weighted by Crippen LogP contribution is -2.30. The van der Waals surface area contributed by atoms with Gasteiger partial charge in [0.05, 0.1) is 23.9 Å². The Morgan fingerprint density at radius 1 is 0.741 bits per heavy atom. The van der Waals surface area contributed by atoms with Crippen molar-refractivity contribution in [2.45, 2.75) is 16.3 Å². The molecule has 1 atom stereocenters. The van der Waals surface area contributed by atoms with Gasteiger partial charge in [-0.05, 0) is 78.4 Å². The van der Waals surface area contributed by atoms with Crippen molar-refractivity contribution >= 4 is 46.9 Å². The molecule has 6 rings (SSSR count). The van der Waals surface area contributed by atoms with Gasteiger partial charge in [-0.1, -0.05) is 72.8 Å². The SMILES string of the molecule is COc1ccccc1-c1ccc(/C=C(/NC(=O)c2ccccc2)C(=O)Nc2ccc(SC(C(=O)Nc3ccccc3C(F)(F)F)c3ccccc3)cc2)o1. The first kappa shape index (κ1) is 37.2. The average Bonchev–Trinajstić information content (AvgIpc) is 3.66. The standard InChI is InChI=1S/C42H32F3N3O5S/c1-52-36-19-11-8-16-32(36)37-25-22-30(53-37)26-35(48-39(49)28-14-6-3-7-15-28)40(50)46-29-20-23-31(24-21-29)54-38(27-12-4-2-5-13-27)41(51)47-34-18-10-9-17-33(34)42(43,44)45/h2-26,38H,1H3,(H,46,50)(H,47,51)(H,48,49)/b35-26+. The molecule has 0 radical (unpaired) electrons. The fourth-order valence-electron chi connectivity index (χ4n) is 5.40. The molecule has 0 aliphatic heterocycles. The molecule has 12 heteroatoms. The molecule has 0 aliphatic rings. The molecule has 1 unspecified atom stereocenters. The van der Waals surface area contributed by atoms with Crippen LogP contribution in [-0.4, -0.2) is 24.8 Å². The highest BCUT2D eigenvalue weighted by Gasteiger charge is 2.34. The number of ether oxygens (including phenoxy) is 1. The quantitative estimate of drug-likeness (QED) is 0.0850. The molecule has 8 nitrogen and oxygen atoms in total. The number of furan rings is 1. The van der Waals surface area contributed by atoms with Gasteiger partial charge in [0.1, 0.15) is 28.2 Å². The first-order valence-electron chi connectivity index (χ1n) is 16.5. The first-order valence-corrected chi connectivity index (χ1v) is 17.4. The average molecular weight is 748 g/mol. The van der Waals surface area contributed by atoms with Gasteiger partial charge >= 0.3 is 6.18 Å². The van der Waals surface area contributed by atoms with Crippen molar-refractivity contribution in [2.24, 2.45) is 0 Å². The van der Waals surface area contributed by atoms with Gasteiger partial charge in [0, 0.05) is 22.2 Å². The van der Waals surface area contributed by atoms with Gasteiger partial charge in [-0.15, -0.1) is 11.8 Å². The number of thioether (sulfide) groups is 1.